The largest absolute Gasteiger partial charge is 0.481 e. The Hall–Kier alpha value is -1.43. The van der Waals surface area contributed by atoms with Gasteiger partial charge in [-0.3, -0.25) is 19.3 Å². The molecule has 1 saturated carbocycles. The molecule has 0 spiro atoms. The maximum Gasteiger partial charge on any atom is 0.308 e. The number of likely N-dealkylation sites (tertiary alicyclic amines) is 1. The van der Waals surface area contributed by atoms with Gasteiger partial charge in [-0.1, -0.05) is 0 Å². The van der Waals surface area contributed by atoms with Crippen molar-refractivity contribution in [1.29, 1.82) is 0 Å². The van der Waals surface area contributed by atoms with Crippen molar-refractivity contribution in [2.45, 2.75) is 0 Å². The summed E-state index contributed by atoms with van der Waals surface area (Å²) in [7, 11) is 0. The van der Waals surface area contributed by atoms with Crippen molar-refractivity contribution in [3.63, 3.8) is 0 Å². The SMILES string of the molecule is NCN1C(=O)C2C(C(=O)O)C2C1=O. The van der Waals surface area contributed by atoms with Gasteiger partial charge in [-0.2, -0.15) is 0 Å². The Bertz CT molecular complexity index is 292. The van der Waals surface area contributed by atoms with Crippen LogP contribution >= 0.6 is 0 Å². The standard InChI is InChI=1S/C7H8N2O4/c8-1-9-5(10)2-3(6(9)11)4(2)7(12)13/h2-4H,1,8H2,(H,12,13). The number of hydrogen-bond acceptors (Lipinski definition) is 4. The molecule has 2 unspecified atom stereocenters. The van der Waals surface area contributed by atoms with Gasteiger partial charge in [-0.15, -0.1) is 0 Å². The molecule has 0 aromatic heterocycles. The molecule has 70 valence electrons. The quantitative estimate of drug-likeness (QED) is 0.494. The number of aliphatic carboxylic acids is 1. The van der Waals surface area contributed by atoms with Crippen LogP contribution in [0.15, 0.2) is 0 Å². The van der Waals surface area contributed by atoms with Crippen LogP contribution in [0.1, 0.15) is 0 Å². The van der Waals surface area contributed by atoms with Gasteiger partial charge in [0.25, 0.3) is 0 Å². The van der Waals surface area contributed by atoms with Crippen LogP contribution in [0.3, 0.4) is 0 Å². The number of carbonyl (C=O) groups is 3. The minimum absolute atomic E-state index is 0.156. The van der Waals surface area contributed by atoms with Gasteiger partial charge < -0.3 is 10.8 Å². The Morgan fingerprint density at radius 3 is 2.15 bits per heavy atom. The summed E-state index contributed by atoms with van der Waals surface area (Å²) in [4.78, 5) is 33.9. The summed E-state index contributed by atoms with van der Waals surface area (Å²) in [5.74, 6) is -4.05. The van der Waals surface area contributed by atoms with Gasteiger partial charge >= 0.3 is 5.97 Å². The third-order valence-electron chi connectivity index (χ3n) is 2.59. The van der Waals surface area contributed by atoms with Crippen LogP contribution in [0.25, 0.3) is 0 Å². The van der Waals surface area contributed by atoms with Crippen LogP contribution in [-0.4, -0.2) is 34.5 Å². The normalized spacial score (nSPS) is 36.4. The van der Waals surface area contributed by atoms with E-state index in [1.54, 1.807) is 0 Å². The summed E-state index contributed by atoms with van der Waals surface area (Å²) < 4.78 is 0. The van der Waals surface area contributed by atoms with Crippen LogP contribution in [0, 0.1) is 17.8 Å². The zero-order chi connectivity index (χ0) is 9.75. The van der Waals surface area contributed by atoms with Crippen molar-refractivity contribution in [2.75, 3.05) is 6.67 Å². The molecule has 0 bridgehead atoms. The molecule has 1 aliphatic heterocycles. The summed E-state index contributed by atoms with van der Waals surface area (Å²) in [5.41, 5.74) is 5.16. The van der Waals surface area contributed by atoms with Crippen LogP contribution in [0.4, 0.5) is 0 Å². The zero-order valence-electron chi connectivity index (χ0n) is 6.64. The van der Waals surface area contributed by atoms with Gasteiger partial charge in [-0.25, -0.2) is 0 Å². The van der Waals surface area contributed by atoms with E-state index in [2.05, 4.69) is 0 Å². The lowest BCUT2D eigenvalue weighted by molar-refractivity contribution is -0.148. The van der Waals surface area contributed by atoms with Crippen LogP contribution in [-0.2, 0) is 14.4 Å². The van der Waals surface area contributed by atoms with Gasteiger partial charge in [0.1, 0.15) is 0 Å². The van der Waals surface area contributed by atoms with Crippen molar-refractivity contribution in [3.8, 4) is 0 Å². The first kappa shape index (κ1) is 8.18. The molecule has 13 heavy (non-hydrogen) atoms. The topological polar surface area (TPSA) is 101 Å². The van der Waals surface area contributed by atoms with Crippen LogP contribution in [0.2, 0.25) is 0 Å². The Kier molecular flexibility index (Phi) is 1.44. The highest BCUT2D eigenvalue weighted by Crippen LogP contribution is 2.53. The molecule has 2 fully saturated rings. The monoisotopic (exact) mass is 184 g/mol. The van der Waals surface area contributed by atoms with Crippen LogP contribution < -0.4 is 5.73 Å². The second kappa shape index (κ2) is 2.29. The second-order valence-corrected chi connectivity index (χ2v) is 3.20. The van der Waals surface area contributed by atoms with Crippen molar-refractivity contribution in [1.82, 2.24) is 4.90 Å². The number of carboxylic acid groups (broad SMARTS) is 1. The van der Waals surface area contributed by atoms with Gasteiger partial charge in [-0.05, 0) is 0 Å². The average Bonchev–Trinajstić information content (AvgIpc) is 2.73. The predicted molar refractivity (Wildman–Crippen MR) is 39.0 cm³/mol. The minimum Gasteiger partial charge on any atom is -0.481 e. The van der Waals surface area contributed by atoms with Crippen LogP contribution in [0.5, 0.6) is 0 Å². The van der Waals surface area contributed by atoms with E-state index < -0.39 is 35.5 Å². The lowest BCUT2D eigenvalue weighted by Crippen LogP contribution is -2.39. The van der Waals surface area contributed by atoms with Crippen molar-refractivity contribution in [3.05, 3.63) is 0 Å². The predicted octanol–water partition coefficient (Wildman–Crippen LogP) is -1.78. The molecule has 2 aliphatic rings. The van der Waals surface area contributed by atoms with Gasteiger partial charge in [0.05, 0.1) is 24.4 Å². The Morgan fingerprint density at radius 1 is 1.38 bits per heavy atom. The molecular formula is C7H8N2O4. The molecule has 0 aromatic carbocycles. The van der Waals surface area contributed by atoms with E-state index in [4.69, 9.17) is 10.8 Å². The molecule has 2 rings (SSSR count). The Balaban J connectivity index is 2.20. The maximum atomic E-state index is 11.3. The average molecular weight is 184 g/mol. The molecular weight excluding hydrogens is 176 g/mol. The lowest BCUT2D eigenvalue weighted by atomic mass is 10.2. The van der Waals surface area contributed by atoms with E-state index in [1.807, 2.05) is 0 Å². The van der Waals surface area contributed by atoms with Gasteiger partial charge in [0, 0.05) is 0 Å². The smallest absolute Gasteiger partial charge is 0.308 e. The van der Waals surface area contributed by atoms with Crippen molar-refractivity contribution in [2.24, 2.45) is 23.5 Å². The molecule has 1 heterocycles. The molecule has 0 aromatic rings. The number of carbonyl (C=O) groups excluding carboxylic acids is 2. The molecule has 2 atom stereocenters. The summed E-state index contributed by atoms with van der Waals surface area (Å²) in [6.45, 7) is -0.156. The van der Waals surface area contributed by atoms with Crippen molar-refractivity contribution < 1.29 is 19.5 Å². The summed E-state index contributed by atoms with van der Waals surface area (Å²) >= 11 is 0. The lowest BCUT2D eigenvalue weighted by Gasteiger charge is -2.13. The van der Waals surface area contributed by atoms with E-state index in [1.165, 1.54) is 0 Å². The third kappa shape index (κ3) is 0.831. The number of amides is 2. The molecule has 3 N–H and O–H groups in total. The highest BCUT2D eigenvalue weighted by atomic mass is 16.4. The molecule has 6 nitrogen and oxygen atoms in total. The first-order valence-corrected chi connectivity index (χ1v) is 3.87. The Morgan fingerprint density at radius 2 is 1.85 bits per heavy atom. The zero-order valence-corrected chi connectivity index (χ0v) is 6.64. The molecule has 2 amide bonds. The summed E-state index contributed by atoms with van der Waals surface area (Å²) in [6, 6.07) is 0. The number of piperidine rings is 1. The fourth-order valence-electron chi connectivity index (χ4n) is 1.88. The minimum atomic E-state index is -1.08. The maximum absolute atomic E-state index is 11.3. The number of hydrogen-bond donors (Lipinski definition) is 2. The highest BCUT2D eigenvalue weighted by Gasteiger charge is 2.70. The molecule has 1 saturated heterocycles. The highest BCUT2D eigenvalue weighted by molar-refractivity contribution is 6.13. The number of imide groups is 1. The van der Waals surface area contributed by atoms with Gasteiger partial charge in [0.2, 0.25) is 11.8 Å². The molecule has 6 heteroatoms. The fraction of sp³-hybridized carbons (Fsp3) is 0.571. The number of carboxylic acids is 1. The van der Waals surface area contributed by atoms with E-state index in [9.17, 15) is 14.4 Å². The number of nitrogens with two attached hydrogens (primary N) is 1. The van der Waals surface area contributed by atoms with E-state index in [0.717, 1.165) is 4.90 Å². The number of rotatable bonds is 2. The molecule has 1 aliphatic carbocycles. The first-order valence-electron chi connectivity index (χ1n) is 3.87. The third-order valence-corrected chi connectivity index (χ3v) is 2.59. The summed E-state index contributed by atoms with van der Waals surface area (Å²) in [5, 5.41) is 8.60. The van der Waals surface area contributed by atoms with Gasteiger partial charge in [0.15, 0.2) is 0 Å². The van der Waals surface area contributed by atoms with E-state index >= 15 is 0 Å². The van der Waals surface area contributed by atoms with E-state index in [-0.39, 0.29) is 6.67 Å². The Labute approximate surface area is 73.3 Å². The first-order chi connectivity index (χ1) is 6.09. The van der Waals surface area contributed by atoms with E-state index in [0.29, 0.717) is 0 Å². The van der Waals surface area contributed by atoms with Crippen molar-refractivity contribution >= 4 is 17.8 Å². The second-order valence-electron chi connectivity index (χ2n) is 3.20. The fourth-order valence-corrected chi connectivity index (χ4v) is 1.88. The number of fused-ring (bicyclic) bond motifs is 1. The number of nitrogens with zero attached hydrogens (tertiary/aromatic N) is 1. The summed E-state index contributed by atoms with van der Waals surface area (Å²) in [6.07, 6.45) is 0. The molecule has 0 radical (unpaired) electrons.